The van der Waals surface area contributed by atoms with Crippen LogP contribution in [-0.2, 0) is 11.3 Å². The largest absolute Gasteiger partial charge is 0.379 e. The lowest BCUT2D eigenvalue weighted by Crippen LogP contribution is -2.50. The highest BCUT2D eigenvalue weighted by Crippen LogP contribution is 2.14. The number of benzene rings is 1. The van der Waals surface area contributed by atoms with E-state index in [1.165, 1.54) is 17.7 Å². The summed E-state index contributed by atoms with van der Waals surface area (Å²) in [7, 11) is 5.96. The second-order valence-corrected chi connectivity index (χ2v) is 7.80. The summed E-state index contributed by atoms with van der Waals surface area (Å²) in [5.74, 6) is 1.52. The predicted octanol–water partition coefficient (Wildman–Crippen LogP) is 2.16. The van der Waals surface area contributed by atoms with E-state index in [0.29, 0.717) is 12.0 Å². The lowest BCUT2D eigenvalue weighted by molar-refractivity contribution is 0.0132. The smallest absolute Gasteiger partial charge is 0.191 e. The Hall–Kier alpha value is -1.79. The molecule has 0 spiro atoms. The van der Waals surface area contributed by atoms with E-state index >= 15 is 0 Å². The fourth-order valence-electron chi connectivity index (χ4n) is 3.41. The van der Waals surface area contributed by atoms with Gasteiger partial charge in [-0.15, -0.1) is 0 Å². The zero-order valence-electron chi connectivity index (χ0n) is 17.7. The van der Waals surface area contributed by atoms with E-state index in [1.807, 2.05) is 7.05 Å². The van der Waals surface area contributed by atoms with Crippen molar-refractivity contribution in [1.29, 1.82) is 0 Å². The number of nitrogens with zero attached hydrogens (tertiary/aromatic N) is 3. The molecule has 0 aliphatic carbocycles. The lowest BCUT2D eigenvalue weighted by atomic mass is 10.0. The third-order valence-corrected chi connectivity index (χ3v) is 4.92. The van der Waals surface area contributed by atoms with Crippen LogP contribution in [0, 0.1) is 5.92 Å². The molecular weight excluding hydrogens is 338 g/mol. The van der Waals surface area contributed by atoms with Crippen molar-refractivity contribution in [2.24, 2.45) is 10.9 Å². The van der Waals surface area contributed by atoms with Crippen LogP contribution in [-0.4, -0.2) is 70.9 Å². The first-order valence-electron chi connectivity index (χ1n) is 10.0. The number of anilines is 1. The topological polar surface area (TPSA) is 52.1 Å². The molecule has 152 valence electrons. The predicted molar refractivity (Wildman–Crippen MR) is 115 cm³/mol. The van der Waals surface area contributed by atoms with Gasteiger partial charge in [-0.05, 0) is 30.0 Å². The van der Waals surface area contributed by atoms with Crippen LogP contribution >= 0.6 is 0 Å². The van der Waals surface area contributed by atoms with Crippen LogP contribution in [0.15, 0.2) is 29.3 Å². The second kappa shape index (κ2) is 11.1. The number of guanidine groups is 1. The highest BCUT2D eigenvalue weighted by molar-refractivity contribution is 5.79. The number of hydrogen-bond donors (Lipinski definition) is 2. The number of aliphatic imine (C=N–C) groups is 1. The Balaban J connectivity index is 1.88. The van der Waals surface area contributed by atoms with Crippen molar-refractivity contribution < 1.29 is 4.74 Å². The molecule has 0 radical (unpaired) electrons. The minimum Gasteiger partial charge on any atom is -0.379 e. The zero-order chi connectivity index (χ0) is 19.6. The molecule has 0 bridgehead atoms. The lowest BCUT2D eigenvalue weighted by Gasteiger charge is -2.35. The highest BCUT2D eigenvalue weighted by atomic mass is 16.5. The third-order valence-electron chi connectivity index (χ3n) is 4.92. The Morgan fingerprint density at radius 1 is 1.22 bits per heavy atom. The van der Waals surface area contributed by atoms with E-state index < -0.39 is 0 Å². The molecule has 1 aromatic rings. The van der Waals surface area contributed by atoms with Crippen LogP contribution in [0.1, 0.15) is 25.8 Å². The van der Waals surface area contributed by atoms with Gasteiger partial charge < -0.3 is 20.3 Å². The molecule has 0 aromatic heterocycles. The Bertz CT molecular complexity index is 582. The normalized spacial score (nSPS) is 17.0. The quantitative estimate of drug-likeness (QED) is 0.539. The number of hydrogen-bond acceptors (Lipinski definition) is 4. The molecule has 1 unspecified atom stereocenters. The Morgan fingerprint density at radius 2 is 1.96 bits per heavy atom. The molecule has 1 atom stereocenters. The monoisotopic (exact) mass is 375 g/mol. The van der Waals surface area contributed by atoms with Crippen LogP contribution in [0.3, 0.4) is 0 Å². The van der Waals surface area contributed by atoms with E-state index in [9.17, 15) is 0 Å². The van der Waals surface area contributed by atoms with E-state index in [-0.39, 0.29) is 0 Å². The van der Waals surface area contributed by atoms with E-state index in [1.54, 1.807) is 0 Å². The summed E-state index contributed by atoms with van der Waals surface area (Å²) in [4.78, 5) is 9.06. The molecule has 0 saturated carbocycles. The Kier molecular flexibility index (Phi) is 8.88. The first-order valence-corrected chi connectivity index (χ1v) is 10.0. The minimum absolute atomic E-state index is 0.504. The van der Waals surface area contributed by atoms with Crippen LogP contribution in [0.4, 0.5) is 5.69 Å². The number of rotatable bonds is 8. The second-order valence-electron chi connectivity index (χ2n) is 7.80. The fourth-order valence-corrected chi connectivity index (χ4v) is 3.41. The van der Waals surface area contributed by atoms with Crippen LogP contribution in [0.5, 0.6) is 0 Å². The molecule has 2 N–H and O–H groups in total. The van der Waals surface area contributed by atoms with Gasteiger partial charge in [0.05, 0.1) is 13.2 Å². The number of ether oxygens (including phenoxy) is 1. The molecular formula is C21H37N5O. The highest BCUT2D eigenvalue weighted by Gasteiger charge is 2.22. The van der Waals surface area contributed by atoms with Gasteiger partial charge in [0.2, 0.25) is 0 Å². The van der Waals surface area contributed by atoms with Gasteiger partial charge in [0.15, 0.2) is 5.96 Å². The summed E-state index contributed by atoms with van der Waals surface area (Å²) >= 11 is 0. The maximum absolute atomic E-state index is 5.51. The van der Waals surface area contributed by atoms with E-state index in [4.69, 9.17) is 4.74 Å². The number of nitrogens with one attached hydrogen (secondary N) is 2. The molecule has 27 heavy (non-hydrogen) atoms. The maximum Gasteiger partial charge on any atom is 0.191 e. The van der Waals surface area contributed by atoms with Gasteiger partial charge in [-0.3, -0.25) is 9.89 Å². The standard InChI is InChI=1S/C21H37N5O/c1-17(2)13-20(26-9-11-27-12-10-26)16-24-21(22-3)23-15-18-7-6-8-19(14-18)25(4)5/h6-8,14,17,20H,9-13,15-16H2,1-5H3,(H2,22,23,24). The molecule has 1 saturated heterocycles. The molecule has 1 aliphatic heterocycles. The van der Waals surface area contributed by atoms with Crippen LogP contribution < -0.4 is 15.5 Å². The summed E-state index contributed by atoms with van der Waals surface area (Å²) in [5, 5.41) is 6.97. The first kappa shape index (κ1) is 21.5. The Morgan fingerprint density at radius 3 is 2.59 bits per heavy atom. The minimum atomic E-state index is 0.504. The van der Waals surface area contributed by atoms with Gasteiger partial charge in [0.1, 0.15) is 0 Å². The summed E-state index contributed by atoms with van der Waals surface area (Å²) < 4.78 is 5.51. The van der Waals surface area contributed by atoms with Gasteiger partial charge >= 0.3 is 0 Å². The molecule has 6 nitrogen and oxygen atoms in total. The van der Waals surface area contributed by atoms with Gasteiger partial charge in [-0.1, -0.05) is 26.0 Å². The van der Waals surface area contributed by atoms with Crippen molar-refractivity contribution in [2.45, 2.75) is 32.9 Å². The third kappa shape index (κ3) is 7.39. The van der Waals surface area contributed by atoms with Gasteiger partial charge in [-0.2, -0.15) is 0 Å². The van der Waals surface area contributed by atoms with Crippen molar-refractivity contribution in [3.63, 3.8) is 0 Å². The molecule has 1 heterocycles. The molecule has 1 aliphatic rings. The van der Waals surface area contributed by atoms with Crippen molar-refractivity contribution in [1.82, 2.24) is 15.5 Å². The summed E-state index contributed by atoms with van der Waals surface area (Å²) in [6, 6.07) is 9.07. The van der Waals surface area contributed by atoms with Gasteiger partial charge in [-0.25, -0.2) is 0 Å². The zero-order valence-corrected chi connectivity index (χ0v) is 17.7. The molecule has 6 heteroatoms. The van der Waals surface area contributed by atoms with Gasteiger partial charge in [0.25, 0.3) is 0 Å². The first-order chi connectivity index (χ1) is 13.0. The van der Waals surface area contributed by atoms with E-state index in [0.717, 1.165) is 45.4 Å². The van der Waals surface area contributed by atoms with Crippen LogP contribution in [0.25, 0.3) is 0 Å². The van der Waals surface area contributed by atoms with Crippen molar-refractivity contribution in [3.05, 3.63) is 29.8 Å². The summed E-state index contributed by atoms with van der Waals surface area (Å²) in [6.45, 7) is 9.94. The average molecular weight is 376 g/mol. The Labute approximate surface area is 165 Å². The maximum atomic E-state index is 5.51. The van der Waals surface area contributed by atoms with Crippen LogP contribution in [0.2, 0.25) is 0 Å². The van der Waals surface area contributed by atoms with Crippen molar-refractivity contribution >= 4 is 11.6 Å². The summed E-state index contributed by atoms with van der Waals surface area (Å²) in [5.41, 5.74) is 2.46. The van der Waals surface area contributed by atoms with Gasteiger partial charge in [0, 0.05) is 59.1 Å². The molecule has 2 rings (SSSR count). The SMILES string of the molecule is CN=C(NCc1cccc(N(C)C)c1)NCC(CC(C)C)N1CCOCC1. The average Bonchev–Trinajstić information content (AvgIpc) is 2.67. The number of morpholine rings is 1. The fraction of sp³-hybridized carbons (Fsp3) is 0.667. The van der Waals surface area contributed by atoms with Crippen molar-refractivity contribution in [3.8, 4) is 0 Å². The molecule has 1 fully saturated rings. The molecule has 0 amide bonds. The molecule has 1 aromatic carbocycles. The van der Waals surface area contributed by atoms with E-state index in [2.05, 4.69) is 77.6 Å². The van der Waals surface area contributed by atoms with Crippen molar-refractivity contribution in [2.75, 3.05) is 58.9 Å². The summed E-state index contributed by atoms with van der Waals surface area (Å²) in [6.07, 6.45) is 1.18.